The third-order valence-electron chi connectivity index (χ3n) is 4.64. The van der Waals surface area contributed by atoms with E-state index in [2.05, 4.69) is 57.3 Å². The molecule has 1 aromatic carbocycles. The average Bonchev–Trinajstić information content (AvgIpc) is 2.41. The molecule has 1 fully saturated rings. The molecule has 2 unspecified atom stereocenters. The molecule has 0 saturated heterocycles. The van der Waals surface area contributed by atoms with Crippen molar-refractivity contribution < 1.29 is 4.74 Å². The molecule has 0 aromatic heterocycles. The molecule has 0 spiro atoms. The summed E-state index contributed by atoms with van der Waals surface area (Å²) in [6, 6.07) is 9.54. The van der Waals surface area contributed by atoms with E-state index in [0.29, 0.717) is 5.92 Å². The summed E-state index contributed by atoms with van der Waals surface area (Å²) in [4.78, 5) is 0. The first kappa shape index (κ1) is 16.5. The number of rotatable bonds is 8. The third kappa shape index (κ3) is 4.08. The molecule has 0 aliphatic heterocycles. The van der Waals surface area contributed by atoms with Crippen LogP contribution in [0, 0.1) is 5.92 Å². The SMILES string of the molecule is CCNC(c1ccc(C2CCC2)cc1)C(OCC)C(C)C. The summed E-state index contributed by atoms with van der Waals surface area (Å²) in [5, 5.41) is 3.62. The molecule has 2 nitrogen and oxygen atoms in total. The zero-order chi connectivity index (χ0) is 15.2. The summed E-state index contributed by atoms with van der Waals surface area (Å²) in [6.07, 6.45) is 4.35. The third-order valence-corrected chi connectivity index (χ3v) is 4.64. The van der Waals surface area contributed by atoms with Gasteiger partial charge in [0, 0.05) is 6.61 Å². The standard InChI is InChI=1S/C19H31NO/c1-5-20-18(19(14(3)4)21-6-2)17-12-10-16(11-13-17)15-8-7-9-15/h10-15,18-20H,5-9H2,1-4H3. The number of hydrogen-bond acceptors (Lipinski definition) is 2. The average molecular weight is 289 g/mol. The highest BCUT2D eigenvalue weighted by atomic mass is 16.5. The molecule has 2 atom stereocenters. The molecule has 0 heterocycles. The topological polar surface area (TPSA) is 21.3 Å². The van der Waals surface area contributed by atoms with Gasteiger partial charge in [0.2, 0.25) is 0 Å². The Bertz CT molecular complexity index is 408. The molecular formula is C19H31NO. The minimum atomic E-state index is 0.226. The van der Waals surface area contributed by atoms with Gasteiger partial charge in [-0.3, -0.25) is 0 Å². The van der Waals surface area contributed by atoms with Gasteiger partial charge >= 0.3 is 0 Å². The molecule has 1 aromatic rings. The zero-order valence-corrected chi connectivity index (χ0v) is 14.1. The van der Waals surface area contributed by atoms with E-state index >= 15 is 0 Å². The monoisotopic (exact) mass is 289 g/mol. The second-order valence-corrected chi connectivity index (χ2v) is 6.49. The lowest BCUT2D eigenvalue weighted by Gasteiger charge is -2.32. The van der Waals surface area contributed by atoms with Crippen molar-refractivity contribution in [1.29, 1.82) is 0 Å². The van der Waals surface area contributed by atoms with Crippen molar-refractivity contribution in [3.63, 3.8) is 0 Å². The molecule has 21 heavy (non-hydrogen) atoms. The summed E-state index contributed by atoms with van der Waals surface area (Å²) in [5.41, 5.74) is 2.87. The molecule has 2 heteroatoms. The van der Waals surface area contributed by atoms with Crippen LogP contribution in [0.4, 0.5) is 0 Å². The lowest BCUT2D eigenvalue weighted by Crippen LogP contribution is -2.37. The number of ether oxygens (including phenoxy) is 1. The Balaban J connectivity index is 2.15. The minimum absolute atomic E-state index is 0.226. The smallest absolute Gasteiger partial charge is 0.0792 e. The van der Waals surface area contributed by atoms with Crippen molar-refractivity contribution in [2.45, 2.75) is 65.0 Å². The van der Waals surface area contributed by atoms with Crippen molar-refractivity contribution in [2.75, 3.05) is 13.2 Å². The van der Waals surface area contributed by atoms with Gasteiger partial charge in [-0.25, -0.2) is 0 Å². The van der Waals surface area contributed by atoms with Crippen LogP contribution in [-0.4, -0.2) is 19.3 Å². The maximum absolute atomic E-state index is 6.02. The van der Waals surface area contributed by atoms with Crippen LogP contribution in [0.3, 0.4) is 0 Å². The number of benzene rings is 1. The highest BCUT2D eigenvalue weighted by molar-refractivity contribution is 5.29. The summed E-state index contributed by atoms with van der Waals surface area (Å²) in [5.74, 6) is 1.31. The lowest BCUT2D eigenvalue weighted by atomic mass is 9.79. The first-order valence-corrected chi connectivity index (χ1v) is 8.62. The highest BCUT2D eigenvalue weighted by Crippen LogP contribution is 2.37. The molecule has 2 rings (SSSR count). The van der Waals surface area contributed by atoms with Crippen LogP contribution < -0.4 is 5.32 Å². The second kappa shape index (κ2) is 7.95. The molecule has 0 radical (unpaired) electrons. The van der Waals surface area contributed by atoms with Crippen molar-refractivity contribution >= 4 is 0 Å². The minimum Gasteiger partial charge on any atom is -0.376 e. The second-order valence-electron chi connectivity index (χ2n) is 6.49. The Morgan fingerprint density at radius 2 is 1.81 bits per heavy atom. The van der Waals surface area contributed by atoms with Gasteiger partial charge in [-0.05, 0) is 49.3 Å². The van der Waals surface area contributed by atoms with Crippen molar-refractivity contribution in [3.8, 4) is 0 Å². The van der Waals surface area contributed by atoms with Crippen LogP contribution in [0.15, 0.2) is 24.3 Å². The fourth-order valence-corrected chi connectivity index (χ4v) is 3.23. The maximum Gasteiger partial charge on any atom is 0.0792 e. The lowest BCUT2D eigenvalue weighted by molar-refractivity contribution is 0.00317. The van der Waals surface area contributed by atoms with Gasteiger partial charge in [0.05, 0.1) is 12.1 Å². The fraction of sp³-hybridized carbons (Fsp3) is 0.684. The molecule has 1 N–H and O–H groups in total. The van der Waals surface area contributed by atoms with Crippen LogP contribution in [0.25, 0.3) is 0 Å². The van der Waals surface area contributed by atoms with Gasteiger partial charge in [0.25, 0.3) is 0 Å². The van der Waals surface area contributed by atoms with Crippen molar-refractivity contribution in [2.24, 2.45) is 5.92 Å². The Hall–Kier alpha value is -0.860. The van der Waals surface area contributed by atoms with E-state index in [1.54, 1.807) is 0 Å². The molecule has 1 aliphatic rings. The van der Waals surface area contributed by atoms with Crippen LogP contribution in [0.5, 0.6) is 0 Å². The van der Waals surface area contributed by atoms with Gasteiger partial charge in [0.15, 0.2) is 0 Å². The van der Waals surface area contributed by atoms with E-state index in [1.807, 2.05) is 0 Å². The van der Waals surface area contributed by atoms with Gasteiger partial charge in [-0.15, -0.1) is 0 Å². The Morgan fingerprint density at radius 3 is 2.24 bits per heavy atom. The number of likely N-dealkylation sites (N-methyl/N-ethyl adjacent to an activating group) is 1. The largest absolute Gasteiger partial charge is 0.376 e. The molecule has 0 bridgehead atoms. The van der Waals surface area contributed by atoms with Crippen LogP contribution in [-0.2, 0) is 4.74 Å². The van der Waals surface area contributed by atoms with Gasteiger partial charge in [0.1, 0.15) is 0 Å². The molecule has 1 aliphatic carbocycles. The van der Waals surface area contributed by atoms with Gasteiger partial charge < -0.3 is 10.1 Å². The summed E-state index contributed by atoms with van der Waals surface area (Å²) in [6.45, 7) is 10.5. The zero-order valence-electron chi connectivity index (χ0n) is 14.1. The van der Waals surface area contributed by atoms with E-state index in [1.165, 1.54) is 30.4 Å². The van der Waals surface area contributed by atoms with Gasteiger partial charge in [-0.2, -0.15) is 0 Å². The quantitative estimate of drug-likeness (QED) is 0.751. The van der Waals surface area contributed by atoms with Crippen LogP contribution in [0.2, 0.25) is 0 Å². The van der Waals surface area contributed by atoms with E-state index in [-0.39, 0.29) is 12.1 Å². The van der Waals surface area contributed by atoms with Crippen molar-refractivity contribution in [3.05, 3.63) is 35.4 Å². The van der Waals surface area contributed by atoms with Gasteiger partial charge in [-0.1, -0.05) is 51.5 Å². The summed E-state index contributed by atoms with van der Waals surface area (Å²) >= 11 is 0. The number of hydrogen-bond donors (Lipinski definition) is 1. The van der Waals surface area contributed by atoms with Crippen LogP contribution >= 0.6 is 0 Å². The number of nitrogens with one attached hydrogen (secondary N) is 1. The Kier molecular flexibility index (Phi) is 6.25. The van der Waals surface area contributed by atoms with E-state index in [9.17, 15) is 0 Å². The first-order chi connectivity index (χ1) is 10.2. The molecule has 0 amide bonds. The molecule has 118 valence electrons. The van der Waals surface area contributed by atoms with Crippen LogP contribution in [0.1, 0.15) is 70.0 Å². The Morgan fingerprint density at radius 1 is 1.14 bits per heavy atom. The van der Waals surface area contributed by atoms with E-state index in [4.69, 9.17) is 4.74 Å². The summed E-state index contributed by atoms with van der Waals surface area (Å²) in [7, 11) is 0. The predicted molar refractivity (Wildman–Crippen MR) is 89.7 cm³/mol. The Labute approximate surface area is 130 Å². The van der Waals surface area contributed by atoms with E-state index in [0.717, 1.165) is 19.1 Å². The highest BCUT2D eigenvalue weighted by Gasteiger charge is 2.26. The summed E-state index contributed by atoms with van der Waals surface area (Å²) < 4.78 is 6.02. The first-order valence-electron chi connectivity index (χ1n) is 8.62. The fourth-order valence-electron chi connectivity index (χ4n) is 3.23. The normalized spacial score (nSPS) is 18.5. The van der Waals surface area contributed by atoms with Crippen molar-refractivity contribution in [1.82, 2.24) is 5.32 Å². The van der Waals surface area contributed by atoms with E-state index < -0.39 is 0 Å². The maximum atomic E-state index is 6.02. The molecular weight excluding hydrogens is 258 g/mol. The predicted octanol–water partition coefficient (Wildman–Crippen LogP) is 4.67. The molecule has 1 saturated carbocycles.